The maximum absolute atomic E-state index is 11.0. The maximum Gasteiger partial charge on any atom is 0.328 e. The molecule has 0 radical (unpaired) electrons. The molecule has 4 nitrogen and oxygen atoms in total. The molecule has 0 fully saturated rings. The lowest BCUT2D eigenvalue weighted by molar-refractivity contribution is -0.131. The summed E-state index contributed by atoms with van der Waals surface area (Å²) in [4.78, 5) is 15.8. The van der Waals surface area contributed by atoms with Gasteiger partial charge in [0.05, 0.1) is 0 Å². The van der Waals surface area contributed by atoms with Crippen molar-refractivity contribution in [2.75, 3.05) is 0 Å². The van der Waals surface area contributed by atoms with E-state index < -0.39 is 5.97 Å². The molecule has 0 atom stereocenters. The van der Waals surface area contributed by atoms with Crippen molar-refractivity contribution in [3.8, 4) is 11.1 Å². The third-order valence-electron chi connectivity index (χ3n) is 4.15. The van der Waals surface area contributed by atoms with Crippen molar-refractivity contribution in [1.29, 1.82) is 0 Å². The number of aliphatic carboxylic acids is 1. The van der Waals surface area contributed by atoms with Gasteiger partial charge < -0.3 is 10.8 Å². The van der Waals surface area contributed by atoms with E-state index in [1.807, 2.05) is 13.8 Å². The van der Waals surface area contributed by atoms with Crippen molar-refractivity contribution >= 4 is 36.9 Å². The molecule has 0 aliphatic rings. The van der Waals surface area contributed by atoms with Crippen LogP contribution in [0.1, 0.15) is 41.9 Å². The molecule has 0 unspecified atom stereocenters. The minimum Gasteiger partial charge on any atom is -0.478 e. The zero-order valence-corrected chi connectivity index (χ0v) is 17.8. The number of hydrogen-bond donors (Lipinski definition) is 2. The van der Waals surface area contributed by atoms with Crippen LogP contribution in [0.5, 0.6) is 0 Å². The fraction of sp³-hybridized carbons (Fsp3) is 0.333. The lowest BCUT2D eigenvalue weighted by atomic mass is 9.89. The van der Waals surface area contributed by atoms with Crippen molar-refractivity contribution in [2.24, 2.45) is 11.7 Å². The number of aromatic nitrogens is 1. The molecule has 148 valence electrons. The Kier molecular flexibility index (Phi) is 10.3. The Hall–Kier alpha value is -1.88. The van der Waals surface area contributed by atoms with Crippen LogP contribution in [0.15, 0.2) is 30.3 Å². The van der Waals surface area contributed by atoms with E-state index in [9.17, 15) is 4.79 Å². The molecule has 2 rings (SSSR count). The highest BCUT2D eigenvalue weighted by molar-refractivity contribution is 5.89. The summed E-state index contributed by atoms with van der Waals surface area (Å²) in [5.41, 5.74) is 12.9. The normalized spacial score (nSPS) is 10.6. The van der Waals surface area contributed by atoms with Gasteiger partial charge in [0.1, 0.15) is 0 Å². The summed E-state index contributed by atoms with van der Waals surface area (Å²) in [6, 6.07) is 8.22. The zero-order valence-electron chi connectivity index (χ0n) is 16.2. The standard InChI is InChI=1S/C21H26N2O2.2ClH/c1-13(2)11-19-18(12-22)21(16-7-5-14(3)6-8-16)17(15(4)23-19)9-10-20(24)25;;/h5-10,13H,11-12,22H2,1-4H3,(H,24,25);2*1H/b10-9+;;. The number of rotatable bonds is 6. The van der Waals surface area contributed by atoms with Crippen molar-refractivity contribution in [3.63, 3.8) is 0 Å². The van der Waals surface area contributed by atoms with Gasteiger partial charge in [0.25, 0.3) is 0 Å². The van der Waals surface area contributed by atoms with Gasteiger partial charge in [-0.25, -0.2) is 4.79 Å². The number of carboxylic acids is 1. The molecule has 0 saturated carbocycles. The number of hydrogen-bond acceptors (Lipinski definition) is 3. The van der Waals surface area contributed by atoms with Crippen LogP contribution >= 0.6 is 24.8 Å². The van der Waals surface area contributed by atoms with Crippen LogP contribution in [0, 0.1) is 19.8 Å². The number of carboxylic acid groups (broad SMARTS) is 1. The number of halogens is 2. The molecule has 27 heavy (non-hydrogen) atoms. The summed E-state index contributed by atoms with van der Waals surface area (Å²) in [6.45, 7) is 8.64. The van der Waals surface area contributed by atoms with Gasteiger partial charge in [0.15, 0.2) is 0 Å². The minimum absolute atomic E-state index is 0. The van der Waals surface area contributed by atoms with E-state index in [2.05, 4.69) is 38.1 Å². The first-order chi connectivity index (χ1) is 11.8. The second kappa shape index (κ2) is 11.1. The van der Waals surface area contributed by atoms with E-state index in [1.54, 1.807) is 6.08 Å². The quantitative estimate of drug-likeness (QED) is 0.659. The maximum atomic E-state index is 11.0. The van der Waals surface area contributed by atoms with Crippen molar-refractivity contribution in [3.05, 3.63) is 58.4 Å². The molecule has 2 aromatic rings. The van der Waals surface area contributed by atoms with Gasteiger partial charge in [-0.1, -0.05) is 43.7 Å². The van der Waals surface area contributed by atoms with Crippen LogP contribution in [0.2, 0.25) is 0 Å². The Balaban J connectivity index is 0.00000338. The minimum atomic E-state index is -0.977. The summed E-state index contributed by atoms with van der Waals surface area (Å²) in [6.07, 6.45) is 3.62. The average Bonchev–Trinajstić information content (AvgIpc) is 2.53. The van der Waals surface area contributed by atoms with Crippen LogP contribution in [-0.4, -0.2) is 16.1 Å². The average molecular weight is 411 g/mol. The molecule has 1 aromatic carbocycles. The van der Waals surface area contributed by atoms with E-state index >= 15 is 0 Å². The number of carbonyl (C=O) groups is 1. The van der Waals surface area contributed by atoms with Crippen molar-refractivity contribution in [2.45, 2.75) is 40.7 Å². The summed E-state index contributed by atoms with van der Waals surface area (Å²) >= 11 is 0. The van der Waals surface area contributed by atoms with Gasteiger partial charge in [-0.05, 0) is 49.0 Å². The SMILES string of the molecule is Cc1ccc(-c2c(/C=C/C(=O)O)c(C)nc(CC(C)C)c2CN)cc1.Cl.Cl. The molecule has 3 N–H and O–H groups in total. The molecule has 1 aromatic heterocycles. The first-order valence-corrected chi connectivity index (χ1v) is 8.54. The van der Waals surface area contributed by atoms with Crippen LogP contribution in [-0.2, 0) is 17.8 Å². The van der Waals surface area contributed by atoms with E-state index in [0.717, 1.165) is 46.1 Å². The topological polar surface area (TPSA) is 76.2 Å². The zero-order chi connectivity index (χ0) is 18.6. The molecule has 0 aliphatic heterocycles. The molecule has 1 heterocycles. The number of nitrogens with zero attached hydrogens (tertiary/aromatic N) is 1. The van der Waals surface area contributed by atoms with Crippen LogP contribution < -0.4 is 5.73 Å². The van der Waals surface area contributed by atoms with Crippen LogP contribution in [0.3, 0.4) is 0 Å². The molecule has 0 amide bonds. The highest BCUT2D eigenvalue weighted by atomic mass is 35.5. The molecule has 0 bridgehead atoms. The van der Waals surface area contributed by atoms with Gasteiger partial charge in [0, 0.05) is 29.6 Å². The van der Waals surface area contributed by atoms with E-state index in [-0.39, 0.29) is 24.8 Å². The third-order valence-corrected chi connectivity index (χ3v) is 4.15. The Morgan fingerprint density at radius 1 is 1.19 bits per heavy atom. The Bertz CT molecular complexity index is 801. The predicted octanol–water partition coefficient (Wildman–Crippen LogP) is 4.96. The third kappa shape index (κ3) is 6.35. The molecule has 6 heteroatoms. The second-order valence-electron chi connectivity index (χ2n) is 6.75. The molecule has 0 spiro atoms. The Morgan fingerprint density at radius 3 is 2.26 bits per heavy atom. The number of nitrogens with two attached hydrogens (primary N) is 1. The fourth-order valence-corrected chi connectivity index (χ4v) is 3.00. The highest BCUT2D eigenvalue weighted by Crippen LogP contribution is 2.33. The fourth-order valence-electron chi connectivity index (χ4n) is 3.00. The van der Waals surface area contributed by atoms with Gasteiger partial charge in [-0.2, -0.15) is 0 Å². The van der Waals surface area contributed by atoms with E-state index in [1.165, 1.54) is 5.56 Å². The summed E-state index contributed by atoms with van der Waals surface area (Å²) in [5, 5.41) is 9.03. The lowest BCUT2D eigenvalue weighted by Gasteiger charge is -2.19. The van der Waals surface area contributed by atoms with E-state index in [4.69, 9.17) is 15.8 Å². The molecule has 0 saturated heterocycles. The summed E-state index contributed by atoms with van der Waals surface area (Å²) < 4.78 is 0. The predicted molar refractivity (Wildman–Crippen MR) is 117 cm³/mol. The van der Waals surface area contributed by atoms with E-state index in [0.29, 0.717) is 12.5 Å². The largest absolute Gasteiger partial charge is 0.478 e. The number of benzene rings is 1. The lowest BCUT2D eigenvalue weighted by Crippen LogP contribution is -2.12. The smallest absolute Gasteiger partial charge is 0.328 e. The van der Waals surface area contributed by atoms with Gasteiger partial charge >= 0.3 is 5.97 Å². The summed E-state index contributed by atoms with van der Waals surface area (Å²) in [5.74, 6) is -0.515. The highest BCUT2D eigenvalue weighted by Gasteiger charge is 2.18. The Labute approximate surface area is 173 Å². The number of aryl methyl sites for hydroxylation is 2. The first-order valence-electron chi connectivity index (χ1n) is 8.54. The van der Waals surface area contributed by atoms with Crippen LogP contribution in [0.25, 0.3) is 17.2 Å². The first kappa shape index (κ1) is 25.1. The van der Waals surface area contributed by atoms with Crippen LogP contribution in [0.4, 0.5) is 0 Å². The van der Waals surface area contributed by atoms with Gasteiger partial charge in [-0.15, -0.1) is 24.8 Å². The van der Waals surface area contributed by atoms with Crippen molar-refractivity contribution < 1.29 is 9.90 Å². The summed E-state index contributed by atoms with van der Waals surface area (Å²) in [7, 11) is 0. The molecule has 0 aliphatic carbocycles. The van der Waals surface area contributed by atoms with Gasteiger partial charge in [0.2, 0.25) is 0 Å². The second-order valence-corrected chi connectivity index (χ2v) is 6.75. The monoisotopic (exact) mass is 410 g/mol. The number of pyridine rings is 1. The molecular formula is C21H28Cl2N2O2. The van der Waals surface area contributed by atoms with Gasteiger partial charge in [-0.3, -0.25) is 4.98 Å². The van der Waals surface area contributed by atoms with Crippen molar-refractivity contribution in [1.82, 2.24) is 4.98 Å². The molecular weight excluding hydrogens is 383 g/mol. The Morgan fingerprint density at radius 2 is 1.78 bits per heavy atom.